The second kappa shape index (κ2) is 7.38. The summed E-state index contributed by atoms with van der Waals surface area (Å²) in [4.78, 5) is 11.7. The van der Waals surface area contributed by atoms with Crippen LogP contribution in [0.4, 0.5) is 0 Å². The van der Waals surface area contributed by atoms with Gasteiger partial charge in [-0.1, -0.05) is 45.0 Å². The third-order valence-corrected chi connectivity index (χ3v) is 2.56. The average molecular weight is 257 g/mol. The third kappa shape index (κ3) is 4.97. The predicted octanol–water partition coefficient (Wildman–Crippen LogP) is 3.36. The standard InChI is InChI=1S/C16H19NO2/c1-4-13-6-5-7-14(8-13)9-15(10-17)16(18)19-11-12(2)3/h5-9,12H,4,11H2,1-3H3/b15-9+. The maximum absolute atomic E-state index is 11.7. The van der Waals surface area contributed by atoms with Crippen LogP contribution in [-0.2, 0) is 16.0 Å². The molecule has 3 heteroatoms. The minimum Gasteiger partial charge on any atom is -0.461 e. The van der Waals surface area contributed by atoms with E-state index in [0.29, 0.717) is 6.61 Å². The molecule has 0 amide bonds. The normalized spacial score (nSPS) is 11.2. The summed E-state index contributed by atoms with van der Waals surface area (Å²) in [5.74, 6) is -0.301. The fourth-order valence-electron chi connectivity index (χ4n) is 1.53. The first-order valence-corrected chi connectivity index (χ1v) is 6.44. The molecular formula is C16H19NO2. The van der Waals surface area contributed by atoms with E-state index in [0.717, 1.165) is 12.0 Å². The number of rotatable bonds is 5. The van der Waals surface area contributed by atoms with E-state index in [9.17, 15) is 4.79 Å². The highest BCUT2D eigenvalue weighted by molar-refractivity contribution is 5.97. The number of hydrogen-bond donors (Lipinski definition) is 0. The molecule has 0 unspecified atom stereocenters. The quantitative estimate of drug-likeness (QED) is 0.461. The van der Waals surface area contributed by atoms with E-state index in [1.165, 1.54) is 5.56 Å². The van der Waals surface area contributed by atoms with Gasteiger partial charge in [-0.2, -0.15) is 5.26 Å². The fraction of sp³-hybridized carbons (Fsp3) is 0.375. The molecule has 0 bridgehead atoms. The average Bonchev–Trinajstić information content (AvgIpc) is 2.42. The number of hydrogen-bond acceptors (Lipinski definition) is 3. The number of ether oxygens (including phenoxy) is 1. The maximum atomic E-state index is 11.7. The highest BCUT2D eigenvalue weighted by atomic mass is 16.5. The van der Waals surface area contributed by atoms with E-state index in [-0.39, 0.29) is 11.5 Å². The molecule has 0 fully saturated rings. The van der Waals surface area contributed by atoms with Gasteiger partial charge in [0.2, 0.25) is 0 Å². The lowest BCUT2D eigenvalue weighted by Crippen LogP contribution is -2.11. The summed E-state index contributed by atoms with van der Waals surface area (Å²) < 4.78 is 5.06. The SMILES string of the molecule is CCc1cccc(/C=C(\C#N)C(=O)OCC(C)C)c1. The second-order valence-electron chi connectivity index (χ2n) is 4.76. The van der Waals surface area contributed by atoms with Crippen LogP contribution in [0.25, 0.3) is 6.08 Å². The number of nitriles is 1. The van der Waals surface area contributed by atoms with E-state index >= 15 is 0 Å². The molecule has 0 radical (unpaired) electrons. The minimum atomic E-state index is -0.557. The summed E-state index contributed by atoms with van der Waals surface area (Å²) in [6.07, 6.45) is 2.49. The van der Waals surface area contributed by atoms with Gasteiger partial charge in [-0.25, -0.2) is 4.79 Å². The van der Waals surface area contributed by atoms with E-state index in [4.69, 9.17) is 10.00 Å². The zero-order chi connectivity index (χ0) is 14.3. The molecule has 0 aliphatic carbocycles. The van der Waals surface area contributed by atoms with E-state index in [1.54, 1.807) is 6.08 Å². The Morgan fingerprint density at radius 2 is 2.21 bits per heavy atom. The fourth-order valence-corrected chi connectivity index (χ4v) is 1.53. The maximum Gasteiger partial charge on any atom is 0.348 e. The van der Waals surface area contributed by atoms with Crippen molar-refractivity contribution in [3.8, 4) is 6.07 Å². The smallest absolute Gasteiger partial charge is 0.348 e. The van der Waals surface area contributed by atoms with Gasteiger partial charge in [0, 0.05) is 0 Å². The van der Waals surface area contributed by atoms with Crippen LogP contribution in [0.5, 0.6) is 0 Å². The molecule has 0 aromatic heterocycles. The molecule has 0 aliphatic heterocycles. The molecule has 1 rings (SSSR count). The van der Waals surface area contributed by atoms with Crippen molar-refractivity contribution >= 4 is 12.0 Å². The molecule has 19 heavy (non-hydrogen) atoms. The summed E-state index contributed by atoms with van der Waals surface area (Å²) >= 11 is 0. The van der Waals surface area contributed by atoms with E-state index < -0.39 is 5.97 Å². The Balaban J connectivity index is 2.86. The molecular weight excluding hydrogens is 238 g/mol. The van der Waals surface area contributed by atoms with Crippen LogP contribution < -0.4 is 0 Å². The number of carbonyl (C=O) groups excluding carboxylic acids is 1. The van der Waals surface area contributed by atoms with Crippen LogP contribution in [0.2, 0.25) is 0 Å². The summed E-state index contributed by atoms with van der Waals surface area (Å²) in [5, 5.41) is 9.03. The van der Waals surface area contributed by atoms with Gasteiger partial charge in [0.15, 0.2) is 0 Å². The zero-order valence-corrected chi connectivity index (χ0v) is 11.6. The van der Waals surface area contributed by atoms with Crippen molar-refractivity contribution in [2.45, 2.75) is 27.2 Å². The van der Waals surface area contributed by atoms with Gasteiger partial charge in [0.05, 0.1) is 6.61 Å². The molecule has 1 aromatic rings. The van der Waals surface area contributed by atoms with Crippen LogP contribution >= 0.6 is 0 Å². The van der Waals surface area contributed by atoms with Crippen LogP contribution in [0.15, 0.2) is 29.8 Å². The second-order valence-corrected chi connectivity index (χ2v) is 4.76. The molecule has 0 aliphatic rings. The summed E-state index contributed by atoms with van der Waals surface area (Å²) in [6.45, 7) is 6.29. The summed E-state index contributed by atoms with van der Waals surface area (Å²) in [6, 6.07) is 9.66. The lowest BCUT2D eigenvalue weighted by Gasteiger charge is -2.06. The number of carbonyl (C=O) groups is 1. The highest BCUT2D eigenvalue weighted by Gasteiger charge is 2.11. The Kier molecular flexibility index (Phi) is 5.81. The monoisotopic (exact) mass is 257 g/mol. The minimum absolute atomic E-state index is 0.0360. The van der Waals surface area contributed by atoms with Gasteiger partial charge in [-0.15, -0.1) is 0 Å². The van der Waals surface area contributed by atoms with Crippen molar-refractivity contribution in [2.75, 3.05) is 6.61 Å². The predicted molar refractivity (Wildman–Crippen MR) is 75.2 cm³/mol. The molecule has 0 N–H and O–H groups in total. The van der Waals surface area contributed by atoms with Gasteiger partial charge >= 0.3 is 5.97 Å². The van der Waals surface area contributed by atoms with Crippen molar-refractivity contribution in [1.29, 1.82) is 5.26 Å². The summed E-state index contributed by atoms with van der Waals surface area (Å²) in [5.41, 5.74) is 2.05. The van der Waals surface area contributed by atoms with Crippen molar-refractivity contribution in [3.63, 3.8) is 0 Å². The van der Waals surface area contributed by atoms with Crippen LogP contribution in [-0.4, -0.2) is 12.6 Å². The first-order valence-electron chi connectivity index (χ1n) is 6.44. The van der Waals surface area contributed by atoms with Crippen LogP contribution in [0, 0.1) is 17.2 Å². The van der Waals surface area contributed by atoms with Crippen molar-refractivity contribution in [2.24, 2.45) is 5.92 Å². The molecule has 3 nitrogen and oxygen atoms in total. The molecule has 0 spiro atoms. The number of nitrogens with zero attached hydrogens (tertiary/aromatic N) is 1. The van der Waals surface area contributed by atoms with E-state index in [2.05, 4.69) is 6.92 Å². The Morgan fingerprint density at radius 1 is 1.47 bits per heavy atom. The van der Waals surface area contributed by atoms with Crippen molar-refractivity contribution < 1.29 is 9.53 Å². The Labute approximate surface area is 114 Å². The molecule has 0 saturated heterocycles. The van der Waals surface area contributed by atoms with Gasteiger partial charge in [-0.05, 0) is 29.5 Å². The number of esters is 1. The Bertz CT molecular complexity index is 510. The Morgan fingerprint density at radius 3 is 2.79 bits per heavy atom. The molecule has 0 saturated carbocycles. The zero-order valence-electron chi connectivity index (χ0n) is 11.6. The molecule has 1 aromatic carbocycles. The first kappa shape index (κ1) is 15.0. The Hall–Kier alpha value is -2.08. The number of aryl methyl sites for hydroxylation is 1. The third-order valence-electron chi connectivity index (χ3n) is 2.56. The van der Waals surface area contributed by atoms with Gasteiger partial charge < -0.3 is 4.74 Å². The number of benzene rings is 1. The van der Waals surface area contributed by atoms with Gasteiger partial charge in [0.25, 0.3) is 0 Å². The first-order chi connectivity index (χ1) is 9.06. The van der Waals surface area contributed by atoms with Crippen LogP contribution in [0.1, 0.15) is 31.9 Å². The molecule has 100 valence electrons. The van der Waals surface area contributed by atoms with E-state index in [1.807, 2.05) is 44.2 Å². The topological polar surface area (TPSA) is 50.1 Å². The lowest BCUT2D eigenvalue weighted by atomic mass is 10.1. The van der Waals surface area contributed by atoms with Gasteiger partial charge in [-0.3, -0.25) is 0 Å². The highest BCUT2D eigenvalue weighted by Crippen LogP contribution is 2.11. The molecule has 0 heterocycles. The molecule has 0 atom stereocenters. The lowest BCUT2D eigenvalue weighted by molar-refractivity contribution is -0.139. The van der Waals surface area contributed by atoms with Gasteiger partial charge in [0.1, 0.15) is 11.6 Å². The van der Waals surface area contributed by atoms with Crippen molar-refractivity contribution in [1.82, 2.24) is 0 Å². The van der Waals surface area contributed by atoms with Crippen LogP contribution in [0.3, 0.4) is 0 Å². The van der Waals surface area contributed by atoms with Crippen molar-refractivity contribution in [3.05, 3.63) is 41.0 Å². The largest absolute Gasteiger partial charge is 0.461 e. The summed E-state index contributed by atoms with van der Waals surface area (Å²) in [7, 11) is 0.